The molecule has 0 fully saturated rings. The number of hydrogen-bond donors (Lipinski definition) is 1. The van der Waals surface area contributed by atoms with E-state index in [9.17, 15) is 10.1 Å². The highest BCUT2D eigenvalue weighted by Gasteiger charge is 2.46. The molecule has 4 nitrogen and oxygen atoms in total. The molecule has 0 unspecified atom stereocenters. The zero-order valence-electron chi connectivity index (χ0n) is 13.2. The molecule has 5 heteroatoms. The number of rotatable bonds is 1. The second-order valence-corrected chi connectivity index (χ2v) is 7.48. The van der Waals surface area contributed by atoms with E-state index in [1.165, 1.54) is 0 Å². The number of benzene rings is 1. The van der Waals surface area contributed by atoms with Crippen LogP contribution in [0.1, 0.15) is 38.2 Å². The van der Waals surface area contributed by atoms with E-state index in [2.05, 4.69) is 6.07 Å². The number of halogens is 1. The van der Waals surface area contributed by atoms with Gasteiger partial charge in [0.05, 0.1) is 6.07 Å². The summed E-state index contributed by atoms with van der Waals surface area (Å²) in [6, 6.07) is 9.47. The number of nitriles is 1. The minimum Gasteiger partial charge on any atom is -0.478 e. The lowest BCUT2D eigenvalue weighted by Crippen LogP contribution is -2.44. The Morgan fingerprint density at radius 2 is 1.96 bits per heavy atom. The van der Waals surface area contributed by atoms with E-state index in [-0.39, 0.29) is 17.1 Å². The Morgan fingerprint density at radius 1 is 1.30 bits per heavy atom. The van der Waals surface area contributed by atoms with E-state index in [0.717, 1.165) is 5.56 Å². The molecule has 120 valence electrons. The Balaban J connectivity index is 2.14. The number of allylic oxidation sites excluding steroid dienone is 2. The van der Waals surface area contributed by atoms with E-state index in [4.69, 9.17) is 22.1 Å². The molecule has 0 saturated heterocycles. The number of carbonyl (C=O) groups excluding carboxylic acids is 1. The van der Waals surface area contributed by atoms with Gasteiger partial charge in [0.2, 0.25) is 0 Å². The van der Waals surface area contributed by atoms with Crippen molar-refractivity contribution in [2.75, 3.05) is 0 Å². The monoisotopic (exact) mass is 330 g/mol. The quantitative estimate of drug-likeness (QED) is 0.854. The van der Waals surface area contributed by atoms with Gasteiger partial charge in [-0.1, -0.05) is 37.6 Å². The average Bonchev–Trinajstić information content (AvgIpc) is 2.45. The molecule has 0 amide bonds. The van der Waals surface area contributed by atoms with Gasteiger partial charge in [0.15, 0.2) is 12.0 Å². The minimum absolute atomic E-state index is 0.0448. The maximum atomic E-state index is 12.7. The van der Waals surface area contributed by atoms with Gasteiger partial charge in [0.1, 0.15) is 11.7 Å². The van der Waals surface area contributed by atoms with Gasteiger partial charge >= 0.3 is 0 Å². The van der Waals surface area contributed by atoms with Crippen molar-refractivity contribution in [2.24, 2.45) is 17.1 Å². The van der Waals surface area contributed by atoms with E-state index < -0.39 is 12.1 Å². The van der Waals surface area contributed by atoms with Crippen molar-refractivity contribution < 1.29 is 9.53 Å². The van der Waals surface area contributed by atoms with Gasteiger partial charge in [-0.25, -0.2) is 0 Å². The third kappa shape index (κ3) is 2.87. The molecule has 2 aliphatic rings. The highest BCUT2D eigenvalue weighted by Crippen LogP contribution is 2.48. The van der Waals surface area contributed by atoms with Crippen LogP contribution >= 0.6 is 11.6 Å². The highest BCUT2D eigenvalue weighted by atomic mass is 35.5. The summed E-state index contributed by atoms with van der Waals surface area (Å²) in [4.78, 5) is 12.7. The number of Topliss-reactive ketones (excluding diaryl/α,β-unsaturated/α-hetero) is 1. The van der Waals surface area contributed by atoms with Crippen LogP contribution in [0.25, 0.3) is 0 Å². The van der Waals surface area contributed by atoms with E-state index >= 15 is 0 Å². The normalized spacial score (nSPS) is 29.5. The fourth-order valence-electron chi connectivity index (χ4n) is 3.53. The van der Waals surface area contributed by atoms with Crippen molar-refractivity contribution in [1.29, 1.82) is 5.26 Å². The lowest BCUT2D eigenvalue weighted by atomic mass is 9.68. The molecule has 0 radical (unpaired) electrons. The van der Waals surface area contributed by atoms with Crippen LogP contribution in [-0.2, 0) is 9.53 Å². The molecule has 2 N–H and O–H groups in total. The van der Waals surface area contributed by atoms with Gasteiger partial charge < -0.3 is 4.74 Å². The highest BCUT2D eigenvalue weighted by molar-refractivity contribution is 6.30. The zero-order valence-corrected chi connectivity index (χ0v) is 13.9. The van der Waals surface area contributed by atoms with Crippen molar-refractivity contribution in [3.05, 3.63) is 46.2 Å². The molecule has 3 rings (SSSR count). The van der Waals surface area contributed by atoms with Crippen LogP contribution in [0.4, 0.5) is 0 Å². The van der Waals surface area contributed by atoms with Crippen LogP contribution in [0.3, 0.4) is 0 Å². The summed E-state index contributed by atoms with van der Waals surface area (Å²) >= 11 is 5.96. The maximum absolute atomic E-state index is 12.7. The first-order chi connectivity index (χ1) is 10.8. The number of hydrogen-bond acceptors (Lipinski definition) is 4. The van der Waals surface area contributed by atoms with Crippen molar-refractivity contribution in [1.82, 2.24) is 0 Å². The molecule has 0 spiro atoms. The van der Waals surface area contributed by atoms with Crippen LogP contribution in [0.2, 0.25) is 5.02 Å². The van der Waals surface area contributed by atoms with Gasteiger partial charge in [-0.05, 0) is 23.1 Å². The standard InChI is InChI=1S/C18H19ClN2O2/c1-18(2)7-13(22)16-14(8-18)23-17(21)12(9-20)15(16)10-3-5-11(19)6-4-10/h3-6,12,15,17H,7-8,21H2,1-2H3/t12-,15-,17+/m1/s1. The fraction of sp³-hybridized carbons (Fsp3) is 0.444. The molecule has 1 aromatic carbocycles. The number of nitrogens with zero attached hydrogens (tertiary/aromatic N) is 1. The second-order valence-electron chi connectivity index (χ2n) is 7.04. The number of ketones is 1. The molecule has 1 aliphatic carbocycles. The number of carbonyl (C=O) groups is 1. The summed E-state index contributed by atoms with van der Waals surface area (Å²) < 4.78 is 5.76. The first-order valence-electron chi connectivity index (χ1n) is 7.66. The Morgan fingerprint density at radius 3 is 2.57 bits per heavy atom. The molecule has 3 atom stereocenters. The summed E-state index contributed by atoms with van der Waals surface area (Å²) in [7, 11) is 0. The summed E-state index contributed by atoms with van der Waals surface area (Å²) in [5.41, 5.74) is 7.41. The molecule has 23 heavy (non-hydrogen) atoms. The van der Waals surface area contributed by atoms with Crippen molar-refractivity contribution in [3.8, 4) is 6.07 Å². The van der Waals surface area contributed by atoms with E-state index in [1.807, 2.05) is 26.0 Å². The fourth-order valence-corrected chi connectivity index (χ4v) is 3.65. The molecule has 0 bridgehead atoms. The Hall–Kier alpha value is -1.83. The smallest absolute Gasteiger partial charge is 0.164 e. The molecular formula is C18H19ClN2O2. The van der Waals surface area contributed by atoms with Crippen molar-refractivity contribution in [2.45, 2.75) is 38.8 Å². The first-order valence-corrected chi connectivity index (χ1v) is 8.04. The van der Waals surface area contributed by atoms with Crippen LogP contribution in [0, 0.1) is 22.7 Å². The van der Waals surface area contributed by atoms with Gasteiger partial charge in [-0.2, -0.15) is 5.26 Å². The van der Waals surface area contributed by atoms with Gasteiger partial charge in [0.25, 0.3) is 0 Å². The lowest BCUT2D eigenvalue weighted by molar-refractivity contribution is -0.120. The molecular weight excluding hydrogens is 312 g/mol. The number of nitrogens with two attached hydrogens (primary N) is 1. The van der Waals surface area contributed by atoms with E-state index in [1.54, 1.807) is 12.1 Å². The van der Waals surface area contributed by atoms with Gasteiger partial charge in [-0.3, -0.25) is 10.5 Å². The van der Waals surface area contributed by atoms with Crippen LogP contribution in [-0.4, -0.2) is 12.0 Å². The van der Waals surface area contributed by atoms with Crippen molar-refractivity contribution in [3.63, 3.8) is 0 Å². The minimum atomic E-state index is -0.735. The maximum Gasteiger partial charge on any atom is 0.164 e. The third-order valence-corrected chi connectivity index (χ3v) is 4.81. The largest absolute Gasteiger partial charge is 0.478 e. The number of ether oxygens (including phenoxy) is 1. The van der Waals surface area contributed by atoms with Crippen LogP contribution < -0.4 is 5.73 Å². The lowest BCUT2D eigenvalue weighted by Gasteiger charge is -2.41. The van der Waals surface area contributed by atoms with Crippen molar-refractivity contribution >= 4 is 17.4 Å². The average molecular weight is 331 g/mol. The van der Waals surface area contributed by atoms with Crippen LogP contribution in [0.15, 0.2) is 35.6 Å². The molecule has 1 aliphatic heterocycles. The third-order valence-electron chi connectivity index (χ3n) is 4.56. The zero-order chi connectivity index (χ0) is 16.8. The predicted molar refractivity (Wildman–Crippen MR) is 87.4 cm³/mol. The van der Waals surface area contributed by atoms with Crippen LogP contribution in [0.5, 0.6) is 0 Å². The Bertz CT molecular complexity index is 716. The topological polar surface area (TPSA) is 76.1 Å². The van der Waals surface area contributed by atoms with E-state index in [0.29, 0.717) is 29.2 Å². The summed E-state index contributed by atoms with van der Waals surface area (Å²) in [5.74, 6) is -0.270. The summed E-state index contributed by atoms with van der Waals surface area (Å²) in [6.07, 6.45) is 0.373. The summed E-state index contributed by atoms with van der Waals surface area (Å²) in [5, 5.41) is 10.2. The predicted octanol–water partition coefficient (Wildman–Crippen LogP) is 3.52. The second kappa shape index (κ2) is 5.67. The summed E-state index contributed by atoms with van der Waals surface area (Å²) in [6.45, 7) is 4.08. The first kappa shape index (κ1) is 16.0. The van der Waals surface area contributed by atoms with Gasteiger partial charge in [-0.15, -0.1) is 0 Å². The Kier molecular flexibility index (Phi) is 3.95. The van der Waals surface area contributed by atoms with Gasteiger partial charge in [0, 0.05) is 29.4 Å². The Labute approximate surface area is 140 Å². The molecule has 0 aromatic heterocycles. The molecule has 0 saturated carbocycles. The SMILES string of the molecule is CC1(C)CC(=O)C2=C(C1)O[C@H](N)[C@H](C#N)[C@H]2c1ccc(Cl)cc1. The molecule has 1 heterocycles. The molecule has 1 aromatic rings.